The van der Waals surface area contributed by atoms with Crippen LogP contribution in [0, 0.1) is 13.8 Å². The zero-order chi connectivity index (χ0) is 19.4. The van der Waals surface area contributed by atoms with Crippen molar-refractivity contribution in [3.63, 3.8) is 0 Å². The molecule has 2 aromatic heterocycles. The van der Waals surface area contributed by atoms with Gasteiger partial charge in [0.25, 0.3) is 5.91 Å². The Kier molecular flexibility index (Phi) is 5.86. The minimum atomic E-state index is -0.138. The van der Waals surface area contributed by atoms with Gasteiger partial charge in [0.2, 0.25) is 0 Å². The van der Waals surface area contributed by atoms with Crippen LogP contribution >= 0.6 is 0 Å². The van der Waals surface area contributed by atoms with Gasteiger partial charge < -0.3 is 10.1 Å². The Balaban J connectivity index is 1.81. The molecule has 0 unspecified atom stereocenters. The van der Waals surface area contributed by atoms with E-state index in [9.17, 15) is 4.79 Å². The molecule has 3 rings (SSSR count). The number of benzene rings is 1. The number of nitrogens with zero attached hydrogens (tertiary/aromatic N) is 3. The van der Waals surface area contributed by atoms with Crippen molar-refractivity contribution < 1.29 is 9.53 Å². The van der Waals surface area contributed by atoms with Gasteiger partial charge in [-0.1, -0.05) is 30.3 Å². The lowest BCUT2D eigenvalue weighted by atomic mass is 10.1. The van der Waals surface area contributed by atoms with Gasteiger partial charge in [-0.2, -0.15) is 5.10 Å². The summed E-state index contributed by atoms with van der Waals surface area (Å²) in [7, 11) is 0. The van der Waals surface area contributed by atoms with Gasteiger partial charge in [-0.15, -0.1) is 0 Å². The first kappa shape index (κ1) is 19.0. The number of fused-ring (bicyclic) bond motifs is 1. The summed E-state index contributed by atoms with van der Waals surface area (Å²) in [6, 6.07) is 10.1. The summed E-state index contributed by atoms with van der Waals surface area (Å²) in [5.74, 6) is -0.138. The number of amides is 1. The third-order valence-electron chi connectivity index (χ3n) is 4.42. The number of nitrogens with one attached hydrogen (secondary N) is 1. The van der Waals surface area contributed by atoms with E-state index in [-0.39, 0.29) is 12.0 Å². The average molecular weight is 366 g/mol. The van der Waals surface area contributed by atoms with Crippen molar-refractivity contribution in [3.8, 4) is 11.1 Å². The van der Waals surface area contributed by atoms with Crippen molar-refractivity contribution in [2.24, 2.45) is 0 Å². The number of carbonyl (C=O) groups is 1. The summed E-state index contributed by atoms with van der Waals surface area (Å²) in [5, 5.41) is 7.55. The highest BCUT2D eigenvalue weighted by atomic mass is 16.5. The van der Waals surface area contributed by atoms with E-state index in [1.54, 1.807) is 10.7 Å². The molecule has 0 fully saturated rings. The van der Waals surface area contributed by atoms with Gasteiger partial charge in [-0.25, -0.2) is 9.50 Å². The standard InChI is InChI=1S/C21H26N4O2/c1-14(2)27-12-8-11-22-21(26)18-13-23-20-19(17-9-6-5-7-10-17)15(3)24-25(20)16(18)4/h5-7,9-10,13-14H,8,11-12H2,1-4H3,(H,22,26). The van der Waals surface area contributed by atoms with E-state index in [0.29, 0.717) is 18.7 Å². The van der Waals surface area contributed by atoms with Gasteiger partial charge in [0.1, 0.15) is 0 Å². The summed E-state index contributed by atoms with van der Waals surface area (Å²) in [5.41, 5.74) is 5.03. The highest BCUT2D eigenvalue weighted by Gasteiger charge is 2.18. The zero-order valence-electron chi connectivity index (χ0n) is 16.3. The van der Waals surface area contributed by atoms with E-state index in [4.69, 9.17) is 4.74 Å². The number of aromatic nitrogens is 3. The van der Waals surface area contributed by atoms with E-state index < -0.39 is 0 Å². The smallest absolute Gasteiger partial charge is 0.254 e. The zero-order valence-corrected chi connectivity index (χ0v) is 16.3. The molecule has 2 heterocycles. The first-order valence-corrected chi connectivity index (χ1v) is 9.29. The highest BCUT2D eigenvalue weighted by molar-refractivity contribution is 5.95. The lowest BCUT2D eigenvalue weighted by Gasteiger charge is -2.10. The molecular formula is C21H26N4O2. The minimum absolute atomic E-state index is 0.138. The predicted octanol–water partition coefficient (Wildman–Crippen LogP) is 3.56. The Labute approximate surface area is 159 Å². The average Bonchev–Trinajstić information content (AvgIpc) is 2.99. The fourth-order valence-electron chi connectivity index (χ4n) is 3.06. The molecule has 1 aromatic carbocycles. The third-order valence-corrected chi connectivity index (χ3v) is 4.42. The normalized spacial score (nSPS) is 11.3. The molecule has 3 aromatic rings. The number of hydrogen-bond acceptors (Lipinski definition) is 4. The van der Waals surface area contributed by atoms with Crippen molar-refractivity contribution in [2.75, 3.05) is 13.2 Å². The van der Waals surface area contributed by atoms with Crippen LogP contribution in [0.5, 0.6) is 0 Å². The topological polar surface area (TPSA) is 68.5 Å². The van der Waals surface area contributed by atoms with E-state index in [1.807, 2.05) is 58.0 Å². The van der Waals surface area contributed by atoms with Crippen LogP contribution in [0.1, 0.15) is 42.0 Å². The van der Waals surface area contributed by atoms with E-state index in [0.717, 1.165) is 34.6 Å². The molecule has 0 spiro atoms. The first-order chi connectivity index (χ1) is 13.0. The van der Waals surface area contributed by atoms with Crippen LogP contribution in [0.15, 0.2) is 36.5 Å². The fourth-order valence-corrected chi connectivity index (χ4v) is 3.06. The quantitative estimate of drug-likeness (QED) is 0.649. The Hall–Kier alpha value is -2.73. The van der Waals surface area contributed by atoms with Gasteiger partial charge in [-0.3, -0.25) is 4.79 Å². The van der Waals surface area contributed by atoms with Crippen molar-refractivity contribution in [1.82, 2.24) is 19.9 Å². The Morgan fingerprint density at radius 3 is 2.67 bits per heavy atom. The van der Waals surface area contributed by atoms with Crippen LogP contribution in [0.4, 0.5) is 0 Å². The number of aryl methyl sites for hydroxylation is 2. The third kappa shape index (κ3) is 4.17. The summed E-state index contributed by atoms with van der Waals surface area (Å²) in [4.78, 5) is 17.1. The molecule has 0 bridgehead atoms. The SMILES string of the molecule is Cc1nn2c(C)c(C(=O)NCCCOC(C)C)cnc2c1-c1ccccc1. The van der Waals surface area contributed by atoms with E-state index in [1.165, 1.54) is 0 Å². The summed E-state index contributed by atoms with van der Waals surface area (Å²) in [6.45, 7) is 9.05. The Bertz CT molecular complexity index is 932. The second kappa shape index (κ2) is 8.31. The number of carbonyl (C=O) groups excluding carboxylic acids is 1. The molecule has 0 saturated heterocycles. The molecule has 27 heavy (non-hydrogen) atoms. The van der Waals surface area contributed by atoms with E-state index >= 15 is 0 Å². The monoisotopic (exact) mass is 366 g/mol. The Morgan fingerprint density at radius 2 is 1.96 bits per heavy atom. The van der Waals surface area contributed by atoms with Crippen molar-refractivity contribution >= 4 is 11.6 Å². The molecule has 1 N–H and O–H groups in total. The lowest BCUT2D eigenvalue weighted by Crippen LogP contribution is -2.27. The van der Waals surface area contributed by atoms with Gasteiger partial charge in [0.05, 0.1) is 23.1 Å². The number of ether oxygens (including phenoxy) is 1. The maximum absolute atomic E-state index is 12.5. The van der Waals surface area contributed by atoms with Crippen molar-refractivity contribution in [2.45, 2.75) is 40.2 Å². The van der Waals surface area contributed by atoms with Crippen LogP contribution in [0.2, 0.25) is 0 Å². The molecule has 0 aliphatic rings. The molecular weight excluding hydrogens is 340 g/mol. The molecule has 0 atom stereocenters. The van der Waals surface area contributed by atoms with Crippen LogP contribution in [0.3, 0.4) is 0 Å². The van der Waals surface area contributed by atoms with Crippen LogP contribution in [0.25, 0.3) is 16.8 Å². The molecule has 0 saturated carbocycles. The molecule has 1 amide bonds. The second-order valence-electron chi connectivity index (χ2n) is 6.85. The Morgan fingerprint density at radius 1 is 1.22 bits per heavy atom. The van der Waals surface area contributed by atoms with E-state index in [2.05, 4.69) is 15.4 Å². The van der Waals surface area contributed by atoms with Gasteiger partial charge in [0.15, 0.2) is 5.65 Å². The summed E-state index contributed by atoms with van der Waals surface area (Å²) < 4.78 is 7.25. The first-order valence-electron chi connectivity index (χ1n) is 9.29. The summed E-state index contributed by atoms with van der Waals surface area (Å²) >= 11 is 0. The van der Waals surface area contributed by atoms with Crippen molar-refractivity contribution in [3.05, 3.63) is 53.5 Å². The minimum Gasteiger partial charge on any atom is -0.379 e. The maximum atomic E-state index is 12.5. The maximum Gasteiger partial charge on any atom is 0.254 e. The molecule has 0 aliphatic carbocycles. The molecule has 142 valence electrons. The molecule has 6 nitrogen and oxygen atoms in total. The molecule has 0 radical (unpaired) electrons. The van der Waals surface area contributed by atoms with Crippen LogP contribution in [-0.4, -0.2) is 39.8 Å². The highest BCUT2D eigenvalue weighted by Crippen LogP contribution is 2.27. The predicted molar refractivity (Wildman–Crippen MR) is 106 cm³/mol. The largest absolute Gasteiger partial charge is 0.379 e. The number of rotatable bonds is 7. The van der Waals surface area contributed by atoms with Gasteiger partial charge in [0, 0.05) is 24.9 Å². The van der Waals surface area contributed by atoms with Gasteiger partial charge in [-0.05, 0) is 39.7 Å². The molecule has 6 heteroatoms. The number of hydrogen-bond donors (Lipinski definition) is 1. The van der Waals surface area contributed by atoms with Gasteiger partial charge >= 0.3 is 0 Å². The van der Waals surface area contributed by atoms with Crippen molar-refractivity contribution in [1.29, 1.82) is 0 Å². The lowest BCUT2D eigenvalue weighted by molar-refractivity contribution is 0.0757. The molecule has 0 aliphatic heterocycles. The summed E-state index contributed by atoms with van der Waals surface area (Å²) in [6.07, 6.45) is 2.62. The fraction of sp³-hybridized carbons (Fsp3) is 0.381. The van der Waals surface area contributed by atoms with Crippen LogP contribution in [-0.2, 0) is 4.74 Å². The van der Waals surface area contributed by atoms with Crippen LogP contribution < -0.4 is 5.32 Å². The second-order valence-corrected chi connectivity index (χ2v) is 6.85.